The molecule has 6 nitrogen and oxygen atoms in total. The van der Waals surface area contributed by atoms with E-state index in [9.17, 15) is 0 Å². The quantitative estimate of drug-likeness (QED) is 0.383. The van der Waals surface area contributed by atoms with Gasteiger partial charge in [-0.05, 0) is 26.0 Å². The number of nitrogens with zero attached hydrogens (tertiary/aromatic N) is 2. The van der Waals surface area contributed by atoms with Crippen molar-refractivity contribution in [1.82, 2.24) is 4.98 Å². The van der Waals surface area contributed by atoms with Crippen molar-refractivity contribution in [2.75, 3.05) is 44.4 Å². The van der Waals surface area contributed by atoms with Crippen LogP contribution in [-0.4, -0.2) is 50.3 Å². The van der Waals surface area contributed by atoms with E-state index in [1.165, 1.54) is 0 Å². The molecule has 112 valence electrons. The Morgan fingerprint density at radius 2 is 1.85 bits per heavy atom. The number of hydrogen-bond acceptors (Lipinski definition) is 5. The summed E-state index contributed by atoms with van der Waals surface area (Å²) in [5, 5.41) is 7.49. The predicted octanol–water partition coefficient (Wildman–Crippen LogP) is 1.25. The first kappa shape index (κ1) is 16.4. The fraction of sp³-hybridized carbons (Fsp3) is 0.571. The normalized spacial score (nSPS) is 10.5. The van der Waals surface area contributed by atoms with Crippen LogP contribution in [0.1, 0.15) is 19.4 Å². The zero-order chi connectivity index (χ0) is 14.8. The van der Waals surface area contributed by atoms with Crippen molar-refractivity contribution in [2.45, 2.75) is 13.8 Å². The molecule has 0 aliphatic rings. The van der Waals surface area contributed by atoms with E-state index in [1.807, 2.05) is 19.9 Å². The molecule has 6 heteroatoms. The zero-order valence-electron chi connectivity index (χ0n) is 12.3. The number of aromatic nitrogens is 1. The third-order valence-electron chi connectivity index (χ3n) is 2.80. The molecule has 3 N–H and O–H groups in total. The Morgan fingerprint density at radius 1 is 1.25 bits per heavy atom. The molecule has 1 aromatic heterocycles. The van der Waals surface area contributed by atoms with E-state index in [-0.39, 0.29) is 5.84 Å². The maximum atomic E-state index is 7.49. The minimum Gasteiger partial charge on any atom is -0.384 e. The summed E-state index contributed by atoms with van der Waals surface area (Å²) in [5.74, 6) is 0.834. The lowest BCUT2D eigenvalue weighted by Gasteiger charge is -2.23. The minimum atomic E-state index is 0.0446. The van der Waals surface area contributed by atoms with E-state index in [0.717, 1.165) is 18.9 Å². The summed E-state index contributed by atoms with van der Waals surface area (Å²) in [5.41, 5.74) is 6.19. The summed E-state index contributed by atoms with van der Waals surface area (Å²) in [6.07, 6.45) is 1.67. The Kier molecular flexibility index (Phi) is 7.60. The van der Waals surface area contributed by atoms with Crippen LogP contribution in [0.4, 0.5) is 5.82 Å². The van der Waals surface area contributed by atoms with Gasteiger partial charge in [-0.2, -0.15) is 0 Å². The molecule has 0 aromatic carbocycles. The molecule has 0 atom stereocenters. The summed E-state index contributed by atoms with van der Waals surface area (Å²) in [6, 6.07) is 3.55. The van der Waals surface area contributed by atoms with Crippen molar-refractivity contribution >= 4 is 11.7 Å². The van der Waals surface area contributed by atoms with Gasteiger partial charge < -0.3 is 20.1 Å². The molecule has 0 saturated heterocycles. The largest absolute Gasteiger partial charge is 0.384 e. The molecule has 0 fully saturated rings. The van der Waals surface area contributed by atoms with Crippen molar-refractivity contribution in [3.05, 3.63) is 23.9 Å². The Labute approximate surface area is 120 Å². The highest BCUT2D eigenvalue weighted by Gasteiger charge is 2.09. The lowest BCUT2D eigenvalue weighted by Crippen LogP contribution is -2.32. The minimum absolute atomic E-state index is 0.0446. The zero-order valence-corrected chi connectivity index (χ0v) is 12.3. The van der Waals surface area contributed by atoms with Gasteiger partial charge in [0, 0.05) is 38.1 Å². The summed E-state index contributed by atoms with van der Waals surface area (Å²) in [6.45, 7) is 8.06. The van der Waals surface area contributed by atoms with Gasteiger partial charge in [-0.25, -0.2) is 4.98 Å². The average molecular weight is 280 g/mol. The van der Waals surface area contributed by atoms with Crippen molar-refractivity contribution < 1.29 is 9.47 Å². The summed E-state index contributed by atoms with van der Waals surface area (Å²) >= 11 is 0. The molecule has 20 heavy (non-hydrogen) atoms. The number of nitrogens with one attached hydrogen (secondary N) is 1. The van der Waals surface area contributed by atoms with Crippen LogP contribution in [0.15, 0.2) is 18.3 Å². The number of hydrogen-bond donors (Lipinski definition) is 2. The third-order valence-corrected chi connectivity index (χ3v) is 2.80. The fourth-order valence-electron chi connectivity index (χ4n) is 1.74. The molecular formula is C14H24N4O2. The maximum absolute atomic E-state index is 7.49. The molecular weight excluding hydrogens is 256 g/mol. The van der Waals surface area contributed by atoms with E-state index in [2.05, 4.69) is 9.88 Å². The highest BCUT2D eigenvalue weighted by Crippen LogP contribution is 2.12. The molecule has 0 aliphatic heterocycles. The Morgan fingerprint density at radius 3 is 2.35 bits per heavy atom. The fourth-order valence-corrected chi connectivity index (χ4v) is 1.74. The first-order chi connectivity index (χ1) is 9.69. The second-order valence-corrected chi connectivity index (χ2v) is 4.20. The molecule has 1 aromatic rings. The van der Waals surface area contributed by atoms with Crippen LogP contribution < -0.4 is 10.6 Å². The lowest BCUT2D eigenvalue weighted by atomic mass is 10.2. The molecule has 0 unspecified atom stereocenters. The van der Waals surface area contributed by atoms with Gasteiger partial charge in [-0.15, -0.1) is 0 Å². The lowest BCUT2D eigenvalue weighted by molar-refractivity contribution is 0.141. The Bertz CT molecular complexity index is 402. The first-order valence-electron chi connectivity index (χ1n) is 6.89. The number of nitrogen functional groups attached to an aromatic ring is 1. The highest BCUT2D eigenvalue weighted by atomic mass is 16.5. The van der Waals surface area contributed by atoms with E-state index >= 15 is 0 Å². The standard InChI is InChI=1S/C14H24N4O2/c1-3-19-9-7-18(8-10-20-4-2)13-11-12(14(15)16)5-6-17-13/h5-6,11H,3-4,7-10H2,1-2H3,(H3,15,16). The Hall–Kier alpha value is -1.66. The van der Waals surface area contributed by atoms with Crippen LogP contribution in [0.3, 0.4) is 0 Å². The van der Waals surface area contributed by atoms with Crippen LogP contribution >= 0.6 is 0 Å². The molecule has 0 saturated carbocycles. The number of rotatable bonds is 10. The van der Waals surface area contributed by atoms with E-state index in [1.54, 1.807) is 12.3 Å². The average Bonchev–Trinajstić information content (AvgIpc) is 2.46. The molecule has 1 rings (SSSR count). The molecule has 0 spiro atoms. The maximum Gasteiger partial charge on any atom is 0.129 e. The van der Waals surface area contributed by atoms with Crippen molar-refractivity contribution in [3.63, 3.8) is 0 Å². The van der Waals surface area contributed by atoms with Crippen LogP contribution in [0.2, 0.25) is 0 Å². The number of anilines is 1. The van der Waals surface area contributed by atoms with E-state index in [0.29, 0.717) is 32.0 Å². The number of ether oxygens (including phenoxy) is 2. The van der Waals surface area contributed by atoms with Gasteiger partial charge in [-0.3, -0.25) is 5.41 Å². The molecule has 0 bridgehead atoms. The van der Waals surface area contributed by atoms with Gasteiger partial charge in [-0.1, -0.05) is 0 Å². The molecule has 1 heterocycles. The van der Waals surface area contributed by atoms with Gasteiger partial charge in [0.25, 0.3) is 0 Å². The van der Waals surface area contributed by atoms with Crippen molar-refractivity contribution in [1.29, 1.82) is 5.41 Å². The second-order valence-electron chi connectivity index (χ2n) is 4.20. The summed E-state index contributed by atoms with van der Waals surface area (Å²) < 4.78 is 10.8. The van der Waals surface area contributed by atoms with Crippen LogP contribution in [-0.2, 0) is 9.47 Å². The topological polar surface area (TPSA) is 84.5 Å². The second kappa shape index (κ2) is 9.28. The smallest absolute Gasteiger partial charge is 0.129 e. The van der Waals surface area contributed by atoms with Gasteiger partial charge in [0.05, 0.1) is 13.2 Å². The molecule has 0 radical (unpaired) electrons. The first-order valence-corrected chi connectivity index (χ1v) is 6.89. The summed E-state index contributed by atoms with van der Waals surface area (Å²) in [7, 11) is 0. The highest BCUT2D eigenvalue weighted by molar-refractivity contribution is 5.95. The monoisotopic (exact) mass is 280 g/mol. The van der Waals surface area contributed by atoms with Crippen LogP contribution in [0, 0.1) is 5.41 Å². The van der Waals surface area contributed by atoms with E-state index < -0.39 is 0 Å². The van der Waals surface area contributed by atoms with Gasteiger partial charge in [0.1, 0.15) is 11.7 Å². The summed E-state index contributed by atoms with van der Waals surface area (Å²) in [4.78, 5) is 6.42. The van der Waals surface area contributed by atoms with Crippen LogP contribution in [0.25, 0.3) is 0 Å². The number of nitrogens with two attached hydrogens (primary N) is 1. The number of pyridine rings is 1. The van der Waals surface area contributed by atoms with Gasteiger partial charge in [0.2, 0.25) is 0 Å². The SMILES string of the molecule is CCOCCN(CCOCC)c1cc(C(=N)N)ccn1. The number of amidine groups is 1. The van der Waals surface area contributed by atoms with Crippen molar-refractivity contribution in [3.8, 4) is 0 Å². The third kappa shape index (κ3) is 5.54. The predicted molar refractivity (Wildman–Crippen MR) is 80.5 cm³/mol. The molecule has 0 aliphatic carbocycles. The van der Waals surface area contributed by atoms with Gasteiger partial charge in [0.15, 0.2) is 0 Å². The van der Waals surface area contributed by atoms with Crippen molar-refractivity contribution in [2.24, 2.45) is 5.73 Å². The van der Waals surface area contributed by atoms with Crippen LogP contribution in [0.5, 0.6) is 0 Å². The van der Waals surface area contributed by atoms with Gasteiger partial charge >= 0.3 is 0 Å². The Balaban J connectivity index is 2.73. The van der Waals surface area contributed by atoms with E-state index in [4.69, 9.17) is 20.6 Å². The molecule has 0 amide bonds.